The van der Waals surface area contributed by atoms with Crippen molar-refractivity contribution in [3.63, 3.8) is 0 Å². The maximum absolute atomic E-state index is 12.9. The Morgan fingerprint density at radius 2 is 1.91 bits per heavy atom. The fourth-order valence-electron chi connectivity index (χ4n) is 3.49. The number of rotatable bonds is 10. The van der Waals surface area contributed by atoms with Gasteiger partial charge in [-0.3, -0.25) is 9.59 Å². The summed E-state index contributed by atoms with van der Waals surface area (Å²) in [5.74, 6) is -0.0379. The molecule has 3 rings (SSSR count). The molecule has 2 amide bonds. The zero-order chi connectivity index (χ0) is 24.9. The van der Waals surface area contributed by atoms with Crippen LogP contribution in [0.25, 0.3) is 0 Å². The van der Waals surface area contributed by atoms with Gasteiger partial charge in [-0.25, -0.2) is 4.98 Å². The number of carbonyl (C=O) groups excluding carboxylic acids is 2. The van der Waals surface area contributed by atoms with Crippen molar-refractivity contribution in [1.82, 2.24) is 14.9 Å². The molecule has 1 saturated heterocycles. The van der Waals surface area contributed by atoms with Gasteiger partial charge in [0.2, 0.25) is 5.95 Å². The van der Waals surface area contributed by atoms with Crippen molar-refractivity contribution in [3.05, 3.63) is 35.5 Å². The molecule has 0 radical (unpaired) electrons. The van der Waals surface area contributed by atoms with E-state index >= 15 is 0 Å². The van der Waals surface area contributed by atoms with Crippen molar-refractivity contribution in [2.75, 3.05) is 36.5 Å². The molecule has 1 aliphatic heterocycles. The SMILES string of the molecule is CC(C)CCNc1nc(Nc2cc(OS(C)(=O)=O)cc(C(=O)N3CCCC3)c2)ncc1C(N)=O. The topological polar surface area (TPSA) is 157 Å². The minimum Gasteiger partial charge on any atom is -0.383 e. The average molecular weight is 491 g/mol. The molecular weight excluding hydrogens is 460 g/mol. The van der Waals surface area contributed by atoms with E-state index in [4.69, 9.17) is 9.92 Å². The summed E-state index contributed by atoms with van der Waals surface area (Å²) in [5.41, 5.74) is 6.22. The molecule has 4 N–H and O–H groups in total. The average Bonchev–Trinajstić information content (AvgIpc) is 3.26. The number of aromatic nitrogens is 2. The minimum atomic E-state index is -3.81. The Bertz CT molecular complexity index is 1160. The molecule has 11 nitrogen and oxygen atoms in total. The summed E-state index contributed by atoms with van der Waals surface area (Å²) in [7, 11) is -3.81. The molecule has 1 aliphatic rings. The molecule has 1 aromatic carbocycles. The van der Waals surface area contributed by atoms with Crippen LogP contribution in [0.15, 0.2) is 24.4 Å². The van der Waals surface area contributed by atoms with Crippen molar-refractivity contribution in [2.45, 2.75) is 33.1 Å². The Labute approximate surface area is 199 Å². The number of anilines is 3. The number of amides is 2. The second-order valence-corrected chi connectivity index (χ2v) is 10.2. The normalized spacial score (nSPS) is 13.7. The summed E-state index contributed by atoms with van der Waals surface area (Å²) in [6.07, 6.45) is 4.93. The first-order valence-corrected chi connectivity index (χ1v) is 12.8. The van der Waals surface area contributed by atoms with E-state index in [1.165, 1.54) is 18.3 Å². The van der Waals surface area contributed by atoms with Gasteiger partial charge in [0, 0.05) is 43.1 Å². The van der Waals surface area contributed by atoms with Crippen molar-refractivity contribution < 1.29 is 22.2 Å². The quantitative estimate of drug-likeness (QED) is 0.425. The standard InChI is InChI=1S/C22H30N6O5S/c1-14(2)6-7-24-20-18(19(23)29)13-25-22(27-20)26-16-10-15(21(30)28-8-4-5-9-28)11-17(12-16)33-34(3,31)32/h10-14H,4-9H2,1-3H3,(H2,23,29)(H2,24,25,26,27). The first-order chi connectivity index (χ1) is 16.0. The molecule has 0 saturated carbocycles. The fraction of sp³-hybridized carbons (Fsp3) is 0.455. The van der Waals surface area contributed by atoms with Gasteiger partial charge in [0.15, 0.2) is 0 Å². The van der Waals surface area contributed by atoms with Gasteiger partial charge in [0.05, 0.1) is 11.8 Å². The van der Waals surface area contributed by atoms with Gasteiger partial charge >= 0.3 is 10.1 Å². The van der Waals surface area contributed by atoms with E-state index in [0.717, 1.165) is 25.5 Å². The lowest BCUT2D eigenvalue weighted by molar-refractivity contribution is 0.0792. The second kappa shape index (κ2) is 10.7. The van der Waals surface area contributed by atoms with E-state index < -0.39 is 16.0 Å². The number of primary amides is 1. The third-order valence-corrected chi connectivity index (χ3v) is 5.61. The molecule has 0 spiro atoms. The van der Waals surface area contributed by atoms with Gasteiger partial charge in [-0.1, -0.05) is 13.8 Å². The van der Waals surface area contributed by atoms with Crippen LogP contribution in [0.2, 0.25) is 0 Å². The number of nitrogens with two attached hydrogens (primary N) is 1. The Morgan fingerprint density at radius 1 is 1.21 bits per heavy atom. The molecule has 0 bridgehead atoms. The Balaban J connectivity index is 1.92. The number of hydrogen-bond donors (Lipinski definition) is 3. The lowest BCUT2D eigenvalue weighted by atomic mass is 10.1. The maximum atomic E-state index is 12.9. The van der Waals surface area contributed by atoms with Crippen LogP contribution in [0.4, 0.5) is 17.5 Å². The van der Waals surface area contributed by atoms with E-state index in [-0.39, 0.29) is 34.5 Å². The van der Waals surface area contributed by atoms with Gasteiger partial charge < -0.3 is 25.5 Å². The highest BCUT2D eigenvalue weighted by atomic mass is 32.2. The zero-order valence-electron chi connectivity index (χ0n) is 19.5. The monoisotopic (exact) mass is 490 g/mol. The molecule has 0 unspecified atom stereocenters. The van der Waals surface area contributed by atoms with E-state index in [1.807, 2.05) is 0 Å². The third kappa shape index (κ3) is 7.04. The third-order valence-electron chi connectivity index (χ3n) is 5.12. The van der Waals surface area contributed by atoms with Crippen molar-refractivity contribution in [2.24, 2.45) is 11.7 Å². The molecule has 2 aromatic rings. The van der Waals surface area contributed by atoms with Gasteiger partial charge in [-0.2, -0.15) is 13.4 Å². The predicted molar refractivity (Wildman–Crippen MR) is 129 cm³/mol. The molecule has 0 atom stereocenters. The van der Waals surface area contributed by atoms with Crippen molar-refractivity contribution in [3.8, 4) is 5.75 Å². The fourth-order valence-corrected chi connectivity index (χ4v) is 3.93. The minimum absolute atomic E-state index is 0.0147. The molecule has 1 fully saturated rings. The highest BCUT2D eigenvalue weighted by molar-refractivity contribution is 7.86. The Hall–Kier alpha value is -3.41. The van der Waals surface area contributed by atoms with Crippen LogP contribution in [-0.4, -0.2) is 61.0 Å². The highest BCUT2D eigenvalue weighted by Crippen LogP contribution is 2.26. The van der Waals surface area contributed by atoms with Gasteiger partial charge in [0.1, 0.15) is 11.6 Å². The largest absolute Gasteiger partial charge is 0.383 e. The molecule has 2 heterocycles. The molecular formula is C22H30N6O5S. The summed E-state index contributed by atoms with van der Waals surface area (Å²) in [6, 6.07) is 4.40. The van der Waals surface area contributed by atoms with Crippen LogP contribution in [0, 0.1) is 5.92 Å². The Kier molecular flexibility index (Phi) is 7.92. The van der Waals surface area contributed by atoms with Crippen molar-refractivity contribution in [1.29, 1.82) is 0 Å². The lowest BCUT2D eigenvalue weighted by Gasteiger charge is -2.17. The first kappa shape index (κ1) is 25.2. The second-order valence-electron chi connectivity index (χ2n) is 8.59. The number of nitrogens with one attached hydrogen (secondary N) is 2. The zero-order valence-corrected chi connectivity index (χ0v) is 20.3. The first-order valence-electron chi connectivity index (χ1n) is 11.0. The molecule has 184 valence electrons. The number of nitrogens with zero attached hydrogens (tertiary/aromatic N) is 3. The van der Waals surface area contributed by atoms with Crippen LogP contribution in [0.3, 0.4) is 0 Å². The van der Waals surface area contributed by atoms with Crippen LogP contribution in [0.1, 0.15) is 53.8 Å². The van der Waals surface area contributed by atoms with Crippen LogP contribution in [0.5, 0.6) is 5.75 Å². The Morgan fingerprint density at radius 3 is 2.53 bits per heavy atom. The van der Waals surface area contributed by atoms with Crippen LogP contribution in [-0.2, 0) is 10.1 Å². The van der Waals surface area contributed by atoms with E-state index in [2.05, 4.69) is 34.4 Å². The number of hydrogen-bond acceptors (Lipinski definition) is 9. The summed E-state index contributed by atoms with van der Waals surface area (Å²) in [6.45, 7) is 6.02. The number of benzene rings is 1. The summed E-state index contributed by atoms with van der Waals surface area (Å²) < 4.78 is 28.4. The summed E-state index contributed by atoms with van der Waals surface area (Å²) in [5, 5.41) is 6.07. The predicted octanol–water partition coefficient (Wildman–Crippen LogP) is 2.35. The van der Waals surface area contributed by atoms with Gasteiger partial charge in [-0.15, -0.1) is 0 Å². The molecule has 1 aromatic heterocycles. The van der Waals surface area contributed by atoms with Crippen LogP contribution < -0.4 is 20.6 Å². The number of likely N-dealkylation sites (tertiary alicyclic amines) is 1. The van der Waals surface area contributed by atoms with Crippen molar-refractivity contribution >= 4 is 39.4 Å². The molecule has 12 heteroatoms. The molecule has 34 heavy (non-hydrogen) atoms. The van der Waals surface area contributed by atoms with Gasteiger partial charge in [0.25, 0.3) is 11.8 Å². The summed E-state index contributed by atoms with van der Waals surface area (Å²) >= 11 is 0. The van der Waals surface area contributed by atoms with Gasteiger partial charge in [-0.05, 0) is 37.3 Å². The van der Waals surface area contributed by atoms with E-state index in [9.17, 15) is 18.0 Å². The van der Waals surface area contributed by atoms with Crippen LogP contribution >= 0.6 is 0 Å². The van der Waals surface area contributed by atoms with E-state index in [0.29, 0.717) is 31.2 Å². The molecule has 0 aliphatic carbocycles. The van der Waals surface area contributed by atoms with E-state index in [1.54, 1.807) is 11.0 Å². The smallest absolute Gasteiger partial charge is 0.306 e. The maximum Gasteiger partial charge on any atom is 0.306 e. The number of carbonyl (C=O) groups is 2. The summed E-state index contributed by atoms with van der Waals surface area (Å²) in [4.78, 5) is 34.9. The lowest BCUT2D eigenvalue weighted by Crippen LogP contribution is -2.27. The highest BCUT2D eigenvalue weighted by Gasteiger charge is 2.22.